The molecule has 1 aromatic heterocycles. The number of benzene rings is 2. The summed E-state index contributed by atoms with van der Waals surface area (Å²) in [5.74, 6) is 0.730. The number of tetrazole rings is 1. The molecular weight excluding hydrogens is 598 g/mol. The van der Waals surface area contributed by atoms with Crippen LogP contribution in [0.25, 0.3) is 0 Å². The molecule has 2 N–H and O–H groups in total. The summed E-state index contributed by atoms with van der Waals surface area (Å²) in [4.78, 5) is 35.0. The number of nitrogens with one attached hydrogen (secondary N) is 2. The fraction of sp³-hybridized carbons (Fsp3) is 0.556. The maximum atomic E-state index is 14.7. The fourth-order valence-corrected chi connectivity index (χ4v) is 7.41. The average molecular weight is 646 g/mol. The van der Waals surface area contributed by atoms with Crippen LogP contribution in [0.3, 0.4) is 0 Å². The van der Waals surface area contributed by atoms with Gasteiger partial charge in [-0.2, -0.15) is 5.21 Å². The molecule has 246 valence electrons. The van der Waals surface area contributed by atoms with E-state index < -0.39 is 5.66 Å². The van der Waals surface area contributed by atoms with Crippen molar-refractivity contribution in [3.8, 4) is 0 Å². The second-order valence-electron chi connectivity index (χ2n) is 14.5. The van der Waals surface area contributed by atoms with Crippen LogP contribution in [0.1, 0.15) is 126 Å². The van der Waals surface area contributed by atoms with Crippen molar-refractivity contribution in [2.75, 3.05) is 0 Å². The van der Waals surface area contributed by atoms with Gasteiger partial charge in [-0.1, -0.05) is 95.5 Å². The van der Waals surface area contributed by atoms with Crippen molar-refractivity contribution in [2.45, 2.75) is 111 Å². The molecule has 2 aliphatic rings. The van der Waals surface area contributed by atoms with Crippen molar-refractivity contribution in [2.24, 2.45) is 21.7 Å². The maximum absolute atomic E-state index is 14.7. The van der Waals surface area contributed by atoms with E-state index in [1.165, 1.54) is 0 Å². The van der Waals surface area contributed by atoms with E-state index in [-0.39, 0.29) is 35.2 Å². The highest BCUT2D eigenvalue weighted by molar-refractivity contribution is 6.47. The van der Waals surface area contributed by atoms with Crippen molar-refractivity contribution < 1.29 is 9.59 Å². The first kappa shape index (κ1) is 33.8. The molecule has 1 aliphatic carbocycles. The van der Waals surface area contributed by atoms with Gasteiger partial charge in [0.2, 0.25) is 0 Å². The number of nitrogens with zero attached hydrogens (tertiary/aromatic N) is 5. The molecule has 5 rings (SSSR count). The highest BCUT2D eigenvalue weighted by atomic mass is 35.5. The van der Waals surface area contributed by atoms with Crippen molar-refractivity contribution in [1.82, 2.24) is 30.8 Å². The summed E-state index contributed by atoms with van der Waals surface area (Å²) in [6.07, 6.45) is 7.69. The number of halogens is 1. The van der Waals surface area contributed by atoms with E-state index in [2.05, 4.69) is 72.4 Å². The number of amides is 2. The normalized spacial score (nSPS) is 21.0. The summed E-state index contributed by atoms with van der Waals surface area (Å²) in [6, 6.07) is 14.9. The van der Waals surface area contributed by atoms with Crippen molar-refractivity contribution in [3.63, 3.8) is 0 Å². The predicted molar refractivity (Wildman–Crippen MR) is 181 cm³/mol. The summed E-state index contributed by atoms with van der Waals surface area (Å²) >= 11 is 6.41. The van der Waals surface area contributed by atoms with Gasteiger partial charge in [-0.15, -0.1) is 10.2 Å². The molecule has 1 fully saturated rings. The number of carbonyl (C=O) groups excluding carboxylic acids is 2. The predicted octanol–water partition coefficient (Wildman–Crippen LogP) is 7.69. The van der Waals surface area contributed by atoms with Gasteiger partial charge in [0.05, 0.1) is 12.6 Å². The van der Waals surface area contributed by atoms with Gasteiger partial charge in [0.25, 0.3) is 11.8 Å². The van der Waals surface area contributed by atoms with Crippen molar-refractivity contribution in [1.29, 1.82) is 0 Å². The minimum Gasteiger partial charge on any atom is -0.345 e. The minimum atomic E-state index is -0.628. The third kappa shape index (κ3) is 7.19. The molecule has 1 atom stereocenters. The van der Waals surface area contributed by atoms with E-state index in [9.17, 15) is 9.59 Å². The van der Waals surface area contributed by atoms with Gasteiger partial charge < -0.3 is 10.2 Å². The number of hydrogen-bond donors (Lipinski definition) is 2. The number of aromatic nitrogens is 4. The van der Waals surface area contributed by atoms with Crippen LogP contribution in [0.5, 0.6) is 0 Å². The Kier molecular flexibility index (Phi) is 10.0. The molecule has 0 saturated heterocycles. The Bertz CT molecular complexity index is 1530. The van der Waals surface area contributed by atoms with E-state index in [0.717, 1.165) is 62.5 Å². The lowest BCUT2D eigenvalue weighted by molar-refractivity contribution is -0.134. The standard InChI is InChI=1S/C36H48ClN7O2/c1-7-35(6,8-2)27-16-20-36(21-17-27)39-31(26-10-9-11-28(37)22-26)33(46)44(36)29(18-19-34(3,4)5)24-12-14-25(15-13-24)32(45)38-23-30-40-42-43-41-30/h9-15,22,27,29H,7-8,16-21,23H2,1-6H3,(H,38,45)(H,40,41,42,43). The van der Waals surface area contributed by atoms with Crippen LogP contribution in [0.15, 0.2) is 53.5 Å². The molecule has 0 radical (unpaired) electrons. The van der Waals surface area contributed by atoms with E-state index in [1.807, 2.05) is 48.5 Å². The lowest BCUT2D eigenvalue weighted by Crippen LogP contribution is -2.51. The molecule has 9 nitrogen and oxygen atoms in total. The Morgan fingerprint density at radius 3 is 2.37 bits per heavy atom. The number of H-pyrrole nitrogens is 1. The van der Waals surface area contributed by atoms with Crippen molar-refractivity contribution in [3.05, 3.63) is 76.1 Å². The lowest BCUT2D eigenvalue weighted by Gasteiger charge is -2.49. The second-order valence-corrected chi connectivity index (χ2v) is 14.9. The van der Waals surface area contributed by atoms with Gasteiger partial charge in [0, 0.05) is 16.1 Å². The van der Waals surface area contributed by atoms with Crippen LogP contribution in [-0.4, -0.2) is 48.7 Å². The van der Waals surface area contributed by atoms with Gasteiger partial charge in [0.1, 0.15) is 11.4 Å². The molecule has 1 spiro atoms. The third-order valence-corrected chi connectivity index (χ3v) is 10.7. The molecule has 46 heavy (non-hydrogen) atoms. The molecule has 1 unspecified atom stereocenters. The second kappa shape index (κ2) is 13.6. The van der Waals surface area contributed by atoms with Crippen LogP contribution in [0.2, 0.25) is 5.02 Å². The lowest BCUT2D eigenvalue weighted by atomic mass is 9.65. The van der Waals surface area contributed by atoms with Crippen LogP contribution in [0.4, 0.5) is 0 Å². The van der Waals surface area contributed by atoms with Gasteiger partial charge in [-0.05, 0) is 85.1 Å². The molecule has 2 aromatic carbocycles. The first-order chi connectivity index (χ1) is 21.9. The molecule has 2 amide bonds. The molecule has 1 saturated carbocycles. The summed E-state index contributed by atoms with van der Waals surface area (Å²) in [5.41, 5.74) is 2.51. The number of carbonyl (C=O) groups is 2. The van der Waals surface area contributed by atoms with Crippen molar-refractivity contribution >= 4 is 29.1 Å². The Balaban J connectivity index is 1.50. The maximum Gasteiger partial charge on any atom is 0.275 e. The van der Waals surface area contributed by atoms with Crippen LogP contribution < -0.4 is 5.32 Å². The third-order valence-electron chi connectivity index (χ3n) is 10.5. The Morgan fingerprint density at radius 2 is 1.78 bits per heavy atom. The van der Waals surface area contributed by atoms with E-state index >= 15 is 0 Å². The summed E-state index contributed by atoms with van der Waals surface area (Å²) in [7, 11) is 0. The molecule has 3 aromatic rings. The Hall–Kier alpha value is -3.59. The Labute approximate surface area is 278 Å². The molecule has 1 aliphatic heterocycles. The zero-order valence-corrected chi connectivity index (χ0v) is 28.8. The fourth-order valence-electron chi connectivity index (χ4n) is 7.22. The molecule has 0 bridgehead atoms. The minimum absolute atomic E-state index is 0.0460. The van der Waals surface area contributed by atoms with Crippen LogP contribution >= 0.6 is 11.6 Å². The molecule has 2 heterocycles. The highest BCUT2D eigenvalue weighted by Crippen LogP contribution is 2.52. The number of aromatic amines is 1. The van der Waals surface area contributed by atoms with E-state index in [1.54, 1.807) is 0 Å². The summed E-state index contributed by atoms with van der Waals surface area (Å²) < 4.78 is 0. The number of rotatable bonds is 11. The highest BCUT2D eigenvalue weighted by Gasteiger charge is 2.53. The zero-order valence-electron chi connectivity index (χ0n) is 28.1. The summed E-state index contributed by atoms with van der Waals surface area (Å²) in [5, 5.41) is 17.1. The van der Waals surface area contributed by atoms with Gasteiger partial charge in [-0.3, -0.25) is 14.6 Å². The van der Waals surface area contributed by atoms with Gasteiger partial charge >= 0.3 is 0 Å². The molecule has 10 heteroatoms. The SMILES string of the molecule is CCC(C)(CC)C1CCC2(CC1)N=C(c1cccc(Cl)c1)C(=O)N2C(CCC(C)(C)C)c1ccc(C(=O)NCc2nn[nH]n2)cc1. The number of aliphatic imine (C=N–C) groups is 1. The van der Waals surface area contributed by atoms with Crippen LogP contribution in [0, 0.1) is 16.7 Å². The van der Waals surface area contributed by atoms with E-state index in [4.69, 9.17) is 16.6 Å². The zero-order chi connectivity index (χ0) is 33.1. The quantitative estimate of drug-likeness (QED) is 0.222. The van der Waals surface area contributed by atoms with Gasteiger partial charge in [-0.25, -0.2) is 0 Å². The first-order valence-corrected chi connectivity index (χ1v) is 17.1. The molecular formula is C36H48ClN7O2. The monoisotopic (exact) mass is 645 g/mol. The van der Waals surface area contributed by atoms with Crippen LogP contribution in [-0.2, 0) is 11.3 Å². The first-order valence-electron chi connectivity index (χ1n) is 16.7. The smallest absolute Gasteiger partial charge is 0.275 e. The van der Waals surface area contributed by atoms with Gasteiger partial charge in [0.15, 0.2) is 5.82 Å². The average Bonchev–Trinajstić information content (AvgIpc) is 3.66. The Morgan fingerprint density at radius 1 is 1.09 bits per heavy atom. The summed E-state index contributed by atoms with van der Waals surface area (Å²) in [6.45, 7) is 13.9. The topological polar surface area (TPSA) is 116 Å². The number of hydrogen-bond acceptors (Lipinski definition) is 6. The van der Waals surface area contributed by atoms with E-state index in [0.29, 0.717) is 28.0 Å². The largest absolute Gasteiger partial charge is 0.345 e.